The molecule has 0 saturated carbocycles. The quantitative estimate of drug-likeness (QED) is 0.832. The molecule has 4 heteroatoms. The van der Waals surface area contributed by atoms with Crippen molar-refractivity contribution in [1.29, 1.82) is 0 Å². The van der Waals surface area contributed by atoms with Crippen molar-refractivity contribution in [3.63, 3.8) is 0 Å². The summed E-state index contributed by atoms with van der Waals surface area (Å²) in [5.41, 5.74) is 3.69. The first kappa shape index (κ1) is 12.6. The van der Waals surface area contributed by atoms with Gasteiger partial charge in [0, 0.05) is 16.4 Å². The van der Waals surface area contributed by atoms with Crippen LogP contribution in [0.3, 0.4) is 0 Å². The van der Waals surface area contributed by atoms with E-state index in [4.69, 9.17) is 12.2 Å². The molecular weight excluding hydrogens is 296 g/mol. The van der Waals surface area contributed by atoms with Gasteiger partial charge in [-0.3, -0.25) is 4.57 Å². The molecule has 0 unspecified atom stereocenters. The van der Waals surface area contributed by atoms with Crippen LogP contribution in [0.25, 0.3) is 5.69 Å². The fourth-order valence-electron chi connectivity index (χ4n) is 1.98. The predicted octanol–water partition coefficient (Wildman–Crippen LogP) is 4.42. The van der Waals surface area contributed by atoms with E-state index in [0.717, 1.165) is 22.1 Å². The SMILES string of the molecule is CCc1cc(Br)ccc1-n1c(CC)c[nH]c1=S. The van der Waals surface area contributed by atoms with Crippen LogP contribution in [-0.4, -0.2) is 9.55 Å². The van der Waals surface area contributed by atoms with E-state index in [1.165, 1.54) is 16.9 Å². The molecular formula is C13H15BrN2S. The van der Waals surface area contributed by atoms with Crippen molar-refractivity contribution in [2.75, 3.05) is 0 Å². The molecule has 2 rings (SSSR count). The van der Waals surface area contributed by atoms with Crippen molar-refractivity contribution in [1.82, 2.24) is 9.55 Å². The Morgan fingerprint density at radius 1 is 1.29 bits per heavy atom. The van der Waals surface area contributed by atoms with Gasteiger partial charge in [-0.25, -0.2) is 0 Å². The van der Waals surface area contributed by atoms with Gasteiger partial charge in [0.2, 0.25) is 0 Å². The molecule has 90 valence electrons. The Morgan fingerprint density at radius 3 is 2.71 bits per heavy atom. The molecule has 1 aromatic carbocycles. The zero-order valence-electron chi connectivity index (χ0n) is 9.96. The number of H-pyrrole nitrogens is 1. The van der Waals surface area contributed by atoms with Crippen LogP contribution < -0.4 is 0 Å². The highest BCUT2D eigenvalue weighted by atomic mass is 79.9. The van der Waals surface area contributed by atoms with Crippen LogP contribution in [0.4, 0.5) is 0 Å². The summed E-state index contributed by atoms with van der Waals surface area (Å²) < 4.78 is 4.00. The Hall–Kier alpha value is -0.870. The van der Waals surface area contributed by atoms with Crippen molar-refractivity contribution in [2.45, 2.75) is 26.7 Å². The maximum absolute atomic E-state index is 5.36. The van der Waals surface area contributed by atoms with Crippen LogP contribution in [0.5, 0.6) is 0 Å². The second-order valence-electron chi connectivity index (χ2n) is 3.90. The van der Waals surface area contributed by atoms with Gasteiger partial charge in [0.05, 0.1) is 5.69 Å². The Morgan fingerprint density at radius 2 is 2.06 bits per heavy atom. The zero-order chi connectivity index (χ0) is 12.4. The number of imidazole rings is 1. The number of nitrogens with one attached hydrogen (secondary N) is 1. The molecule has 1 heterocycles. The van der Waals surface area contributed by atoms with Gasteiger partial charge in [-0.2, -0.15) is 0 Å². The minimum absolute atomic E-state index is 0.763. The Balaban J connectivity index is 2.67. The van der Waals surface area contributed by atoms with Gasteiger partial charge in [0.1, 0.15) is 0 Å². The lowest BCUT2D eigenvalue weighted by atomic mass is 10.1. The molecule has 0 fully saturated rings. The monoisotopic (exact) mass is 310 g/mol. The second-order valence-corrected chi connectivity index (χ2v) is 5.20. The van der Waals surface area contributed by atoms with E-state index in [9.17, 15) is 0 Å². The van der Waals surface area contributed by atoms with Gasteiger partial charge in [-0.05, 0) is 48.8 Å². The summed E-state index contributed by atoms with van der Waals surface area (Å²) in [5, 5.41) is 0. The molecule has 0 amide bonds. The molecule has 0 radical (unpaired) electrons. The number of benzene rings is 1. The lowest BCUT2D eigenvalue weighted by Gasteiger charge is -2.12. The average Bonchev–Trinajstić information content (AvgIpc) is 2.70. The van der Waals surface area contributed by atoms with Crippen LogP contribution in [0, 0.1) is 4.77 Å². The summed E-state index contributed by atoms with van der Waals surface area (Å²) in [6, 6.07) is 6.33. The summed E-state index contributed by atoms with van der Waals surface area (Å²) in [6.45, 7) is 4.30. The third-order valence-electron chi connectivity index (χ3n) is 2.88. The fraction of sp³-hybridized carbons (Fsp3) is 0.308. The van der Waals surface area contributed by atoms with Gasteiger partial charge < -0.3 is 4.98 Å². The summed E-state index contributed by atoms with van der Waals surface area (Å²) in [5.74, 6) is 0. The molecule has 0 aliphatic heterocycles. The van der Waals surface area contributed by atoms with E-state index >= 15 is 0 Å². The number of rotatable bonds is 3. The third kappa shape index (κ3) is 2.38. The molecule has 0 aliphatic carbocycles. The van der Waals surface area contributed by atoms with Gasteiger partial charge in [0.25, 0.3) is 0 Å². The van der Waals surface area contributed by atoms with Crippen molar-refractivity contribution < 1.29 is 0 Å². The van der Waals surface area contributed by atoms with Gasteiger partial charge in [0.15, 0.2) is 4.77 Å². The summed E-state index contributed by atoms with van der Waals surface area (Å²) >= 11 is 8.87. The lowest BCUT2D eigenvalue weighted by molar-refractivity contribution is 0.903. The topological polar surface area (TPSA) is 20.7 Å². The summed E-state index contributed by atoms with van der Waals surface area (Å²) in [4.78, 5) is 3.12. The molecule has 1 aromatic heterocycles. The number of hydrogen-bond donors (Lipinski definition) is 1. The Bertz CT molecular complexity index is 583. The maximum atomic E-state index is 5.36. The number of aromatic nitrogens is 2. The predicted molar refractivity (Wildman–Crippen MR) is 77.4 cm³/mol. The largest absolute Gasteiger partial charge is 0.337 e. The van der Waals surface area contributed by atoms with E-state index in [0.29, 0.717) is 0 Å². The van der Waals surface area contributed by atoms with Crippen LogP contribution in [0.1, 0.15) is 25.1 Å². The van der Waals surface area contributed by atoms with Crippen molar-refractivity contribution in [2.24, 2.45) is 0 Å². The number of aryl methyl sites for hydroxylation is 2. The standard InChI is InChI=1S/C13H15BrN2S/c1-3-9-7-10(14)5-6-12(9)16-11(4-2)8-15-13(16)17/h5-8H,3-4H2,1-2H3,(H,15,17). The van der Waals surface area contributed by atoms with Gasteiger partial charge in [-0.15, -0.1) is 0 Å². The highest BCUT2D eigenvalue weighted by molar-refractivity contribution is 9.10. The third-order valence-corrected chi connectivity index (χ3v) is 3.67. The van der Waals surface area contributed by atoms with E-state index < -0.39 is 0 Å². The first-order chi connectivity index (χ1) is 8.17. The minimum Gasteiger partial charge on any atom is -0.337 e. The number of halogens is 1. The van der Waals surface area contributed by atoms with Crippen LogP contribution >= 0.6 is 28.1 Å². The van der Waals surface area contributed by atoms with Gasteiger partial charge in [-0.1, -0.05) is 29.8 Å². The summed E-state index contributed by atoms with van der Waals surface area (Å²) in [7, 11) is 0. The fourth-order valence-corrected chi connectivity index (χ4v) is 2.67. The van der Waals surface area contributed by atoms with Crippen molar-refractivity contribution >= 4 is 28.1 Å². The zero-order valence-corrected chi connectivity index (χ0v) is 12.4. The van der Waals surface area contributed by atoms with E-state index in [1.54, 1.807) is 0 Å². The lowest BCUT2D eigenvalue weighted by Crippen LogP contribution is -2.03. The van der Waals surface area contributed by atoms with Gasteiger partial charge >= 0.3 is 0 Å². The molecule has 0 atom stereocenters. The number of nitrogens with zero attached hydrogens (tertiary/aromatic N) is 1. The number of aromatic amines is 1. The first-order valence-corrected chi connectivity index (χ1v) is 6.95. The Labute approximate surface area is 115 Å². The van der Waals surface area contributed by atoms with Crippen LogP contribution in [-0.2, 0) is 12.8 Å². The van der Waals surface area contributed by atoms with Crippen molar-refractivity contribution in [3.8, 4) is 5.69 Å². The van der Waals surface area contributed by atoms with E-state index in [-0.39, 0.29) is 0 Å². The average molecular weight is 311 g/mol. The molecule has 2 aromatic rings. The molecule has 0 saturated heterocycles. The molecule has 1 N–H and O–H groups in total. The molecule has 0 aliphatic rings. The van der Waals surface area contributed by atoms with Crippen LogP contribution in [0.2, 0.25) is 0 Å². The first-order valence-electron chi connectivity index (χ1n) is 5.75. The normalized spacial score (nSPS) is 10.8. The highest BCUT2D eigenvalue weighted by Gasteiger charge is 2.08. The molecule has 17 heavy (non-hydrogen) atoms. The molecule has 0 bridgehead atoms. The molecule has 0 spiro atoms. The smallest absolute Gasteiger partial charge is 0.182 e. The molecule has 2 nitrogen and oxygen atoms in total. The summed E-state index contributed by atoms with van der Waals surface area (Å²) in [6.07, 6.45) is 3.95. The number of hydrogen-bond acceptors (Lipinski definition) is 1. The van der Waals surface area contributed by atoms with E-state index in [2.05, 4.69) is 57.5 Å². The minimum atomic E-state index is 0.763. The highest BCUT2D eigenvalue weighted by Crippen LogP contribution is 2.22. The second kappa shape index (κ2) is 5.19. The maximum Gasteiger partial charge on any atom is 0.182 e. The van der Waals surface area contributed by atoms with Crippen molar-refractivity contribution in [3.05, 3.63) is 44.9 Å². The van der Waals surface area contributed by atoms with Crippen LogP contribution in [0.15, 0.2) is 28.9 Å². The Kier molecular flexibility index (Phi) is 3.84. The van der Waals surface area contributed by atoms with E-state index in [1.807, 2.05) is 6.20 Å².